The zero-order valence-corrected chi connectivity index (χ0v) is 13.8. The fourth-order valence-electron chi connectivity index (χ4n) is 2.14. The SMILES string of the molecule is Cc1ccc(CSc2nc3sc(C)c(C)c3c(=O)[nH]2)cc1. The number of nitrogens with zero attached hydrogens (tertiary/aromatic N) is 1. The second kappa shape index (κ2) is 5.66. The highest BCUT2D eigenvalue weighted by molar-refractivity contribution is 7.98. The smallest absolute Gasteiger partial charge is 0.260 e. The molecular formula is C16H16N2OS2. The number of benzene rings is 1. The average molecular weight is 316 g/mol. The lowest BCUT2D eigenvalue weighted by atomic mass is 10.2. The fourth-order valence-corrected chi connectivity index (χ4v) is 4.04. The van der Waals surface area contributed by atoms with E-state index in [0.717, 1.165) is 26.4 Å². The van der Waals surface area contributed by atoms with Crippen molar-refractivity contribution >= 4 is 33.3 Å². The lowest BCUT2D eigenvalue weighted by Gasteiger charge is -2.02. The normalized spacial score (nSPS) is 11.2. The van der Waals surface area contributed by atoms with E-state index < -0.39 is 0 Å². The summed E-state index contributed by atoms with van der Waals surface area (Å²) in [6.45, 7) is 6.08. The molecule has 108 valence electrons. The summed E-state index contributed by atoms with van der Waals surface area (Å²) < 4.78 is 0. The third kappa shape index (κ3) is 2.89. The molecule has 0 saturated heterocycles. The highest BCUT2D eigenvalue weighted by Crippen LogP contribution is 2.28. The number of rotatable bonds is 3. The number of hydrogen-bond acceptors (Lipinski definition) is 4. The minimum atomic E-state index is -0.0340. The third-order valence-corrected chi connectivity index (χ3v) is 5.56. The van der Waals surface area contributed by atoms with Crippen LogP contribution in [0.25, 0.3) is 10.2 Å². The Kier molecular flexibility index (Phi) is 3.87. The van der Waals surface area contributed by atoms with E-state index in [1.807, 2.05) is 13.8 Å². The number of nitrogens with one attached hydrogen (secondary N) is 1. The number of fused-ring (bicyclic) bond motifs is 1. The van der Waals surface area contributed by atoms with Gasteiger partial charge in [0.15, 0.2) is 5.16 Å². The van der Waals surface area contributed by atoms with E-state index in [-0.39, 0.29) is 5.56 Å². The minimum Gasteiger partial charge on any atom is -0.301 e. The maximum Gasteiger partial charge on any atom is 0.260 e. The average Bonchev–Trinajstić information content (AvgIpc) is 2.74. The maximum absolute atomic E-state index is 12.2. The number of H-pyrrole nitrogens is 1. The second-order valence-corrected chi connectivity index (χ2v) is 7.28. The summed E-state index contributed by atoms with van der Waals surface area (Å²) in [6, 6.07) is 8.42. The van der Waals surface area contributed by atoms with Crippen LogP contribution in [0.15, 0.2) is 34.2 Å². The maximum atomic E-state index is 12.2. The Morgan fingerprint density at radius 2 is 1.90 bits per heavy atom. The zero-order valence-electron chi connectivity index (χ0n) is 12.2. The first-order chi connectivity index (χ1) is 10.0. The van der Waals surface area contributed by atoms with Crippen molar-refractivity contribution in [1.82, 2.24) is 9.97 Å². The number of hydrogen-bond donors (Lipinski definition) is 1. The van der Waals surface area contributed by atoms with Crippen molar-refractivity contribution in [2.24, 2.45) is 0 Å². The topological polar surface area (TPSA) is 45.8 Å². The van der Waals surface area contributed by atoms with Gasteiger partial charge in [-0.3, -0.25) is 4.79 Å². The summed E-state index contributed by atoms with van der Waals surface area (Å²) in [4.78, 5) is 21.6. The zero-order chi connectivity index (χ0) is 15.0. The Morgan fingerprint density at radius 1 is 1.19 bits per heavy atom. The van der Waals surface area contributed by atoms with Crippen molar-refractivity contribution in [3.63, 3.8) is 0 Å². The quantitative estimate of drug-likeness (QED) is 0.582. The largest absolute Gasteiger partial charge is 0.301 e. The van der Waals surface area contributed by atoms with Crippen molar-refractivity contribution in [3.05, 3.63) is 56.2 Å². The van der Waals surface area contributed by atoms with Gasteiger partial charge in [-0.1, -0.05) is 41.6 Å². The molecule has 3 nitrogen and oxygen atoms in total. The molecular weight excluding hydrogens is 300 g/mol. The van der Waals surface area contributed by atoms with Crippen molar-refractivity contribution in [2.45, 2.75) is 31.7 Å². The van der Waals surface area contributed by atoms with Crippen molar-refractivity contribution in [3.8, 4) is 0 Å². The third-order valence-electron chi connectivity index (χ3n) is 3.51. The predicted molar refractivity (Wildman–Crippen MR) is 90.5 cm³/mol. The van der Waals surface area contributed by atoms with Crippen molar-refractivity contribution in [1.29, 1.82) is 0 Å². The molecule has 0 aliphatic carbocycles. The number of thiophene rings is 1. The molecule has 0 amide bonds. The van der Waals surface area contributed by atoms with Gasteiger partial charge in [-0.25, -0.2) is 4.98 Å². The molecule has 5 heteroatoms. The molecule has 0 fully saturated rings. The molecule has 3 aromatic rings. The molecule has 0 unspecified atom stereocenters. The summed E-state index contributed by atoms with van der Waals surface area (Å²) in [6.07, 6.45) is 0. The van der Waals surface area contributed by atoms with E-state index in [1.54, 1.807) is 23.1 Å². The Bertz CT molecular complexity index is 847. The van der Waals surface area contributed by atoms with E-state index >= 15 is 0 Å². The van der Waals surface area contributed by atoms with Crippen LogP contribution in [-0.4, -0.2) is 9.97 Å². The van der Waals surface area contributed by atoms with Gasteiger partial charge < -0.3 is 4.98 Å². The summed E-state index contributed by atoms with van der Waals surface area (Å²) >= 11 is 3.15. The van der Waals surface area contributed by atoms with Gasteiger partial charge >= 0.3 is 0 Å². The van der Waals surface area contributed by atoms with Crippen LogP contribution in [0.3, 0.4) is 0 Å². The number of aromatic amines is 1. The summed E-state index contributed by atoms with van der Waals surface area (Å²) in [5.74, 6) is 0.804. The minimum absolute atomic E-state index is 0.0340. The first-order valence-electron chi connectivity index (χ1n) is 6.73. The molecule has 0 atom stereocenters. The molecule has 0 aliphatic heterocycles. The lowest BCUT2D eigenvalue weighted by molar-refractivity contribution is 0.978. The molecule has 1 N–H and O–H groups in total. The van der Waals surface area contributed by atoms with Crippen LogP contribution >= 0.6 is 23.1 Å². The van der Waals surface area contributed by atoms with Crippen LogP contribution in [0.1, 0.15) is 21.6 Å². The number of thioether (sulfide) groups is 1. The molecule has 1 aromatic carbocycles. The van der Waals surface area contributed by atoms with E-state index in [0.29, 0.717) is 5.16 Å². The van der Waals surface area contributed by atoms with Gasteiger partial charge in [-0.05, 0) is 31.9 Å². The van der Waals surface area contributed by atoms with E-state index in [4.69, 9.17) is 0 Å². The predicted octanol–water partition coefficient (Wildman–Crippen LogP) is 4.20. The molecule has 0 radical (unpaired) electrons. The summed E-state index contributed by atoms with van der Waals surface area (Å²) in [7, 11) is 0. The molecule has 2 heterocycles. The first-order valence-corrected chi connectivity index (χ1v) is 8.53. The van der Waals surface area contributed by atoms with Gasteiger partial charge in [0.05, 0.1) is 5.39 Å². The Morgan fingerprint density at radius 3 is 2.62 bits per heavy atom. The van der Waals surface area contributed by atoms with Crippen LogP contribution in [0.4, 0.5) is 0 Å². The standard InChI is InChI=1S/C16H16N2OS2/c1-9-4-6-12(7-5-9)8-20-16-17-14(19)13-10(2)11(3)21-15(13)18-16/h4-7H,8H2,1-3H3,(H,17,18,19). The first kappa shape index (κ1) is 14.4. The van der Waals surface area contributed by atoms with Gasteiger partial charge in [0, 0.05) is 10.6 Å². The fraction of sp³-hybridized carbons (Fsp3) is 0.250. The van der Waals surface area contributed by atoms with Crippen LogP contribution in [0, 0.1) is 20.8 Å². The molecule has 2 aromatic heterocycles. The van der Waals surface area contributed by atoms with Gasteiger partial charge in [0.25, 0.3) is 5.56 Å². The number of aromatic nitrogens is 2. The molecule has 3 rings (SSSR count). The summed E-state index contributed by atoms with van der Waals surface area (Å²) in [5, 5.41) is 1.42. The van der Waals surface area contributed by atoms with Crippen molar-refractivity contribution < 1.29 is 0 Å². The van der Waals surface area contributed by atoms with Gasteiger partial charge in [-0.2, -0.15) is 0 Å². The van der Waals surface area contributed by atoms with Crippen LogP contribution in [-0.2, 0) is 5.75 Å². The molecule has 0 aliphatic rings. The van der Waals surface area contributed by atoms with Gasteiger partial charge in [0.1, 0.15) is 4.83 Å². The van der Waals surface area contributed by atoms with Crippen LogP contribution in [0.5, 0.6) is 0 Å². The summed E-state index contributed by atoms with van der Waals surface area (Å²) in [5.41, 5.74) is 3.49. The molecule has 0 bridgehead atoms. The second-order valence-electron chi connectivity index (χ2n) is 5.11. The van der Waals surface area contributed by atoms with E-state index in [2.05, 4.69) is 41.2 Å². The monoisotopic (exact) mass is 316 g/mol. The van der Waals surface area contributed by atoms with Gasteiger partial charge in [0.2, 0.25) is 0 Å². The lowest BCUT2D eigenvalue weighted by Crippen LogP contribution is -2.08. The highest BCUT2D eigenvalue weighted by Gasteiger charge is 2.11. The van der Waals surface area contributed by atoms with E-state index in [1.165, 1.54) is 11.1 Å². The van der Waals surface area contributed by atoms with Crippen molar-refractivity contribution in [2.75, 3.05) is 0 Å². The van der Waals surface area contributed by atoms with E-state index in [9.17, 15) is 4.79 Å². The Balaban J connectivity index is 1.88. The molecule has 21 heavy (non-hydrogen) atoms. The van der Waals surface area contributed by atoms with Crippen LogP contribution < -0.4 is 5.56 Å². The molecule has 0 spiro atoms. The highest BCUT2D eigenvalue weighted by atomic mass is 32.2. The Labute approximate surface area is 131 Å². The number of aryl methyl sites for hydroxylation is 3. The van der Waals surface area contributed by atoms with Gasteiger partial charge in [-0.15, -0.1) is 11.3 Å². The molecule has 0 saturated carbocycles. The van der Waals surface area contributed by atoms with Crippen LogP contribution in [0.2, 0.25) is 0 Å². The Hall–Kier alpha value is -1.59.